The third-order valence-corrected chi connectivity index (χ3v) is 7.17. The Morgan fingerprint density at radius 2 is 2.19 bits per heavy atom. The molecule has 0 aromatic rings. The topological polar surface area (TPSA) is 35.5 Å². The van der Waals surface area contributed by atoms with E-state index in [9.17, 15) is 4.79 Å². The summed E-state index contributed by atoms with van der Waals surface area (Å²) in [5, 5.41) is 0. The first-order valence-corrected chi connectivity index (χ1v) is 11.0. The highest BCUT2D eigenvalue weighted by molar-refractivity contribution is 5.69. The fourth-order valence-electron chi connectivity index (χ4n) is 5.81. The number of ether oxygens (including phenoxy) is 2. The molecule has 0 radical (unpaired) electrons. The molecule has 0 aromatic heterocycles. The zero-order valence-corrected chi connectivity index (χ0v) is 17.9. The number of carbonyl (C=O) groups is 1. The van der Waals surface area contributed by atoms with Crippen LogP contribution in [0.1, 0.15) is 79.6 Å². The molecule has 152 valence electrons. The van der Waals surface area contributed by atoms with Crippen LogP contribution in [0.3, 0.4) is 0 Å². The van der Waals surface area contributed by atoms with Crippen LogP contribution in [0.25, 0.3) is 0 Å². The molecular formula is C24H38O3. The summed E-state index contributed by atoms with van der Waals surface area (Å²) in [6, 6.07) is 0. The molecule has 1 saturated heterocycles. The van der Waals surface area contributed by atoms with Gasteiger partial charge in [-0.05, 0) is 64.2 Å². The van der Waals surface area contributed by atoms with E-state index in [2.05, 4.69) is 40.3 Å². The monoisotopic (exact) mass is 374 g/mol. The van der Waals surface area contributed by atoms with Gasteiger partial charge >= 0.3 is 5.97 Å². The summed E-state index contributed by atoms with van der Waals surface area (Å²) in [6.45, 7) is 15.5. The third kappa shape index (κ3) is 4.04. The number of fused-ring (bicyclic) bond motifs is 5. The Morgan fingerprint density at radius 1 is 1.44 bits per heavy atom. The van der Waals surface area contributed by atoms with Gasteiger partial charge in [-0.3, -0.25) is 4.79 Å². The van der Waals surface area contributed by atoms with E-state index in [-0.39, 0.29) is 18.2 Å². The normalized spacial score (nSPS) is 41.2. The van der Waals surface area contributed by atoms with Crippen molar-refractivity contribution in [3.8, 4) is 0 Å². The molecule has 6 atom stereocenters. The lowest BCUT2D eigenvalue weighted by molar-refractivity contribution is -0.181. The van der Waals surface area contributed by atoms with Crippen molar-refractivity contribution in [2.24, 2.45) is 23.7 Å². The van der Waals surface area contributed by atoms with E-state index in [1.807, 2.05) is 6.92 Å². The van der Waals surface area contributed by atoms with Gasteiger partial charge in [0.15, 0.2) is 0 Å². The van der Waals surface area contributed by atoms with Crippen molar-refractivity contribution in [1.82, 2.24) is 0 Å². The van der Waals surface area contributed by atoms with E-state index in [0.29, 0.717) is 30.1 Å². The van der Waals surface area contributed by atoms with Crippen LogP contribution in [0.5, 0.6) is 0 Å². The highest BCUT2D eigenvalue weighted by Gasteiger charge is 2.58. The second-order valence-corrected chi connectivity index (χ2v) is 9.63. The van der Waals surface area contributed by atoms with E-state index in [4.69, 9.17) is 9.47 Å². The van der Waals surface area contributed by atoms with Gasteiger partial charge in [-0.15, -0.1) is 0 Å². The van der Waals surface area contributed by atoms with Gasteiger partial charge in [0.25, 0.3) is 0 Å². The standard InChI is InChI=1S/C24H38O3/c1-7-9-20(25)27-24(6)13-8-10-16(4)14-19-21-17(5)11-12-18(15(2)3)22(21)23(24)26-19/h10,15,18-19,21-23H,5,7-9,11-14H2,1-4,6H3/b16-10-/t18-,19?,21?,22-,23?,24?/m1/s1. The van der Waals surface area contributed by atoms with Crippen LogP contribution < -0.4 is 0 Å². The molecule has 2 aliphatic heterocycles. The van der Waals surface area contributed by atoms with Crippen molar-refractivity contribution in [3.63, 3.8) is 0 Å². The van der Waals surface area contributed by atoms with Gasteiger partial charge in [0.05, 0.1) is 6.10 Å². The lowest BCUT2D eigenvalue weighted by Crippen LogP contribution is -2.50. The number of hydrogen-bond donors (Lipinski definition) is 0. The number of allylic oxidation sites excluding steroid dienone is 1. The summed E-state index contributed by atoms with van der Waals surface area (Å²) in [6.07, 6.45) is 8.79. The van der Waals surface area contributed by atoms with Gasteiger partial charge in [0, 0.05) is 18.3 Å². The van der Waals surface area contributed by atoms with E-state index in [1.54, 1.807) is 0 Å². The molecule has 27 heavy (non-hydrogen) atoms. The minimum absolute atomic E-state index is 0.0305. The molecular weight excluding hydrogens is 336 g/mol. The quantitative estimate of drug-likeness (QED) is 0.458. The molecule has 1 saturated carbocycles. The molecule has 0 amide bonds. The van der Waals surface area contributed by atoms with Gasteiger partial charge in [-0.25, -0.2) is 0 Å². The Labute approximate surface area is 165 Å². The molecule has 2 heterocycles. The number of carbonyl (C=O) groups excluding carboxylic acids is 1. The maximum Gasteiger partial charge on any atom is 0.306 e. The van der Waals surface area contributed by atoms with Crippen molar-refractivity contribution in [2.75, 3.05) is 0 Å². The second kappa shape index (κ2) is 8.11. The van der Waals surface area contributed by atoms with Crippen LogP contribution in [0.2, 0.25) is 0 Å². The van der Waals surface area contributed by atoms with E-state index in [1.165, 1.54) is 17.6 Å². The lowest BCUT2D eigenvalue weighted by atomic mass is 9.61. The molecule has 0 aromatic carbocycles. The highest BCUT2D eigenvalue weighted by Crippen LogP contribution is 2.55. The first-order chi connectivity index (χ1) is 12.8. The van der Waals surface area contributed by atoms with Crippen molar-refractivity contribution in [2.45, 2.75) is 97.4 Å². The van der Waals surface area contributed by atoms with Crippen LogP contribution >= 0.6 is 0 Å². The van der Waals surface area contributed by atoms with Crippen molar-refractivity contribution >= 4 is 5.97 Å². The fraction of sp³-hybridized carbons (Fsp3) is 0.792. The largest absolute Gasteiger partial charge is 0.457 e. The first kappa shape index (κ1) is 20.6. The molecule has 0 N–H and O–H groups in total. The van der Waals surface area contributed by atoms with Crippen molar-refractivity contribution < 1.29 is 14.3 Å². The Bertz CT molecular complexity index is 605. The van der Waals surface area contributed by atoms with Crippen molar-refractivity contribution in [1.29, 1.82) is 0 Å². The number of rotatable bonds is 4. The number of esters is 1. The van der Waals surface area contributed by atoms with Crippen LogP contribution in [-0.4, -0.2) is 23.8 Å². The maximum atomic E-state index is 12.5. The summed E-state index contributed by atoms with van der Waals surface area (Å²) < 4.78 is 12.9. The molecule has 0 spiro atoms. The van der Waals surface area contributed by atoms with Crippen LogP contribution in [0, 0.1) is 23.7 Å². The first-order valence-electron chi connectivity index (χ1n) is 11.0. The second-order valence-electron chi connectivity index (χ2n) is 9.63. The Morgan fingerprint density at radius 3 is 2.85 bits per heavy atom. The molecule has 4 unspecified atom stereocenters. The average molecular weight is 375 g/mol. The van der Waals surface area contributed by atoms with Gasteiger partial charge in [0.1, 0.15) is 11.7 Å². The Kier molecular flexibility index (Phi) is 6.20. The summed E-state index contributed by atoms with van der Waals surface area (Å²) in [5.74, 6) is 1.91. The average Bonchev–Trinajstić information content (AvgIpc) is 2.97. The Balaban J connectivity index is 2.00. The van der Waals surface area contributed by atoms with Crippen molar-refractivity contribution in [3.05, 3.63) is 23.8 Å². The summed E-state index contributed by atoms with van der Waals surface area (Å²) >= 11 is 0. The zero-order valence-electron chi connectivity index (χ0n) is 17.9. The van der Waals surface area contributed by atoms with E-state index in [0.717, 1.165) is 32.1 Å². The maximum absolute atomic E-state index is 12.5. The van der Waals surface area contributed by atoms with Gasteiger partial charge in [0.2, 0.25) is 0 Å². The predicted octanol–water partition coefficient (Wildman–Crippen LogP) is 5.84. The van der Waals surface area contributed by atoms with Crippen LogP contribution in [0.4, 0.5) is 0 Å². The third-order valence-electron chi connectivity index (χ3n) is 7.17. The summed E-state index contributed by atoms with van der Waals surface area (Å²) in [5.41, 5.74) is 2.18. The van der Waals surface area contributed by atoms with E-state index >= 15 is 0 Å². The SMILES string of the molecule is C=C1CC[C@H](C(C)C)[C@@H]2C1C1C/C(C)=C\CCC(C)(OC(=O)CCC)C2O1. The molecule has 1 aliphatic carbocycles. The molecule has 3 rings (SSSR count). The minimum Gasteiger partial charge on any atom is -0.457 e. The smallest absolute Gasteiger partial charge is 0.306 e. The fourth-order valence-corrected chi connectivity index (χ4v) is 5.81. The van der Waals surface area contributed by atoms with Gasteiger partial charge in [-0.1, -0.05) is 44.6 Å². The zero-order chi connectivity index (χ0) is 19.8. The molecule has 3 heteroatoms. The van der Waals surface area contributed by atoms with Gasteiger partial charge < -0.3 is 9.47 Å². The highest BCUT2D eigenvalue weighted by atomic mass is 16.6. The Hall–Kier alpha value is -1.09. The predicted molar refractivity (Wildman–Crippen MR) is 109 cm³/mol. The molecule has 2 bridgehead atoms. The molecule has 2 fully saturated rings. The van der Waals surface area contributed by atoms with Gasteiger partial charge in [-0.2, -0.15) is 0 Å². The lowest BCUT2D eigenvalue weighted by Gasteiger charge is -2.45. The van der Waals surface area contributed by atoms with E-state index < -0.39 is 5.60 Å². The molecule has 3 nitrogen and oxygen atoms in total. The van der Waals surface area contributed by atoms with Crippen LogP contribution in [-0.2, 0) is 14.3 Å². The van der Waals surface area contributed by atoms with Crippen LogP contribution in [0.15, 0.2) is 23.8 Å². The molecule has 3 aliphatic rings. The minimum atomic E-state index is -0.560. The summed E-state index contributed by atoms with van der Waals surface area (Å²) in [7, 11) is 0. The number of hydrogen-bond acceptors (Lipinski definition) is 3. The summed E-state index contributed by atoms with van der Waals surface area (Å²) in [4.78, 5) is 12.5.